The highest BCUT2D eigenvalue weighted by atomic mass is 19.4. The van der Waals surface area contributed by atoms with Gasteiger partial charge in [-0.05, 0) is 25.3 Å². The Balaban J connectivity index is 1.58. The van der Waals surface area contributed by atoms with Gasteiger partial charge in [0, 0.05) is 11.8 Å². The molecule has 8 heteroatoms. The maximum absolute atomic E-state index is 13.4. The van der Waals surface area contributed by atoms with Gasteiger partial charge in [0.2, 0.25) is 11.9 Å². The number of fused-ring (bicyclic) bond motifs is 2. The first-order valence-electron chi connectivity index (χ1n) is 8.76. The smallest absolute Gasteiger partial charge is 0.373 e. The first-order valence-corrected chi connectivity index (χ1v) is 8.76. The number of anilines is 1. The minimum atomic E-state index is -4.48. The van der Waals surface area contributed by atoms with Crippen LogP contribution in [0.15, 0.2) is 36.5 Å². The second-order valence-electron chi connectivity index (χ2n) is 6.96. The number of rotatable bonds is 3. The Morgan fingerprint density at radius 2 is 1.89 bits per heavy atom. The van der Waals surface area contributed by atoms with Crippen molar-refractivity contribution >= 4 is 11.9 Å². The summed E-state index contributed by atoms with van der Waals surface area (Å²) in [5, 5.41) is 2.47. The molecule has 3 heterocycles. The fourth-order valence-electron chi connectivity index (χ4n) is 4.01. The van der Waals surface area contributed by atoms with E-state index < -0.39 is 36.1 Å². The molecule has 4 unspecified atom stereocenters. The number of halogens is 3. The first-order chi connectivity index (χ1) is 12.8. The van der Waals surface area contributed by atoms with Crippen molar-refractivity contribution in [1.82, 2.24) is 9.97 Å². The summed E-state index contributed by atoms with van der Waals surface area (Å²) in [4.78, 5) is 21.0. The molecule has 2 saturated heterocycles. The number of nitrogens with one attached hydrogen (secondary N) is 1. The van der Waals surface area contributed by atoms with Crippen molar-refractivity contribution in [3.05, 3.63) is 42.1 Å². The molecule has 0 saturated carbocycles. The predicted octanol–water partition coefficient (Wildman–Crippen LogP) is 3.75. The van der Waals surface area contributed by atoms with Crippen molar-refractivity contribution in [2.45, 2.75) is 38.1 Å². The number of amides is 1. The highest BCUT2D eigenvalue weighted by molar-refractivity contribution is 5.92. The summed E-state index contributed by atoms with van der Waals surface area (Å²) in [6, 6.07) is 9.31. The molecule has 5 nitrogen and oxygen atoms in total. The molecule has 4 atom stereocenters. The summed E-state index contributed by atoms with van der Waals surface area (Å²) in [7, 11) is 0. The average Bonchev–Trinajstić information content (AvgIpc) is 3.25. The molecule has 1 aromatic carbocycles. The third-order valence-corrected chi connectivity index (χ3v) is 5.21. The Kier molecular flexibility index (Phi) is 4.38. The van der Waals surface area contributed by atoms with E-state index in [2.05, 4.69) is 15.3 Å². The van der Waals surface area contributed by atoms with E-state index >= 15 is 0 Å². The molecule has 27 heavy (non-hydrogen) atoms. The average molecular weight is 377 g/mol. The zero-order chi connectivity index (χ0) is 19.2. The fourth-order valence-corrected chi connectivity index (χ4v) is 4.01. The number of aromatic nitrogens is 2. The second-order valence-corrected chi connectivity index (χ2v) is 6.96. The van der Waals surface area contributed by atoms with Crippen LogP contribution in [-0.2, 0) is 9.53 Å². The van der Waals surface area contributed by atoms with Gasteiger partial charge in [-0.25, -0.2) is 9.97 Å². The van der Waals surface area contributed by atoms with Crippen LogP contribution < -0.4 is 5.32 Å². The van der Waals surface area contributed by atoms with E-state index in [4.69, 9.17) is 4.74 Å². The Morgan fingerprint density at radius 1 is 1.19 bits per heavy atom. The van der Waals surface area contributed by atoms with Gasteiger partial charge in [0.05, 0.1) is 29.7 Å². The summed E-state index contributed by atoms with van der Waals surface area (Å²) in [6.07, 6.45) is -3.79. The van der Waals surface area contributed by atoms with E-state index in [9.17, 15) is 18.0 Å². The van der Waals surface area contributed by atoms with Crippen molar-refractivity contribution in [3.63, 3.8) is 0 Å². The van der Waals surface area contributed by atoms with E-state index in [0.29, 0.717) is 18.5 Å². The van der Waals surface area contributed by atoms with Crippen LogP contribution >= 0.6 is 0 Å². The highest BCUT2D eigenvalue weighted by Crippen LogP contribution is 2.50. The summed E-state index contributed by atoms with van der Waals surface area (Å²) in [5.41, 5.74) is 2.26. The largest absolute Gasteiger partial charge is 0.395 e. The van der Waals surface area contributed by atoms with Crippen LogP contribution in [0.2, 0.25) is 0 Å². The quantitative estimate of drug-likeness (QED) is 0.885. The molecule has 0 spiro atoms. The van der Waals surface area contributed by atoms with Gasteiger partial charge in [-0.15, -0.1) is 0 Å². The maximum atomic E-state index is 13.4. The Hall–Kier alpha value is -2.48. The lowest BCUT2D eigenvalue weighted by molar-refractivity contribution is -0.196. The van der Waals surface area contributed by atoms with Crippen LogP contribution in [0.5, 0.6) is 0 Å². The molecule has 2 aliphatic heterocycles. The second kappa shape index (κ2) is 6.60. The summed E-state index contributed by atoms with van der Waals surface area (Å²) in [5.74, 6) is -3.80. The number of carbonyl (C=O) groups is 1. The van der Waals surface area contributed by atoms with Gasteiger partial charge in [0.25, 0.3) is 0 Å². The highest BCUT2D eigenvalue weighted by Gasteiger charge is 2.62. The van der Waals surface area contributed by atoms with Crippen LogP contribution in [0.1, 0.15) is 18.4 Å². The number of aryl methyl sites for hydroxylation is 1. The third-order valence-electron chi connectivity index (χ3n) is 5.21. The van der Waals surface area contributed by atoms with Crippen LogP contribution in [0.3, 0.4) is 0 Å². The molecule has 1 N–H and O–H groups in total. The lowest BCUT2D eigenvalue weighted by atomic mass is 9.78. The van der Waals surface area contributed by atoms with Crippen LogP contribution in [0.4, 0.5) is 19.1 Å². The number of hydrogen-bond acceptors (Lipinski definition) is 4. The van der Waals surface area contributed by atoms with Crippen LogP contribution in [0.25, 0.3) is 11.3 Å². The maximum Gasteiger partial charge on any atom is 0.395 e. The van der Waals surface area contributed by atoms with Gasteiger partial charge in [-0.2, -0.15) is 13.2 Å². The van der Waals surface area contributed by atoms with Crippen molar-refractivity contribution < 1.29 is 22.7 Å². The van der Waals surface area contributed by atoms with Gasteiger partial charge in [0.15, 0.2) is 0 Å². The Morgan fingerprint density at radius 3 is 2.59 bits per heavy atom. The van der Waals surface area contributed by atoms with Crippen molar-refractivity contribution in [1.29, 1.82) is 0 Å². The zero-order valence-corrected chi connectivity index (χ0v) is 14.5. The topological polar surface area (TPSA) is 64.1 Å². The fraction of sp³-hybridized carbons (Fsp3) is 0.421. The van der Waals surface area contributed by atoms with Crippen molar-refractivity contribution in [2.75, 3.05) is 5.32 Å². The lowest BCUT2D eigenvalue weighted by Crippen LogP contribution is -2.44. The molecule has 2 bridgehead atoms. The molecule has 0 radical (unpaired) electrons. The molecule has 1 amide bonds. The zero-order valence-electron chi connectivity index (χ0n) is 14.5. The summed E-state index contributed by atoms with van der Waals surface area (Å²) >= 11 is 0. The van der Waals surface area contributed by atoms with E-state index in [1.165, 1.54) is 0 Å². The molecule has 4 rings (SSSR count). The van der Waals surface area contributed by atoms with Gasteiger partial charge >= 0.3 is 6.18 Å². The number of carbonyl (C=O) groups excluding carboxylic acids is 1. The molecule has 142 valence electrons. The first kappa shape index (κ1) is 17.9. The van der Waals surface area contributed by atoms with Crippen LogP contribution in [-0.4, -0.2) is 34.3 Å². The number of ether oxygens (including phenoxy) is 1. The van der Waals surface area contributed by atoms with Crippen LogP contribution in [0, 0.1) is 18.8 Å². The summed E-state index contributed by atoms with van der Waals surface area (Å²) in [6.45, 7) is 1.83. The molecular weight excluding hydrogens is 359 g/mol. The Labute approximate surface area is 154 Å². The SMILES string of the molecule is Cc1cnc(NC(=O)C2C3CCC(O3)C2C(F)(F)F)nc1-c1ccccc1. The van der Waals surface area contributed by atoms with Gasteiger partial charge in [0.1, 0.15) is 0 Å². The molecule has 1 aromatic heterocycles. The lowest BCUT2D eigenvalue weighted by Gasteiger charge is -2.28. The molecule has 2 aromatic rings. The minimum Gasteiger partial charge on any atom is -0.373 e. The molecule has 2 fully saturated rings. The van der Waals surface area contributed by atoms with Crippen molar-refractivity contribution in [3.8, 4) is 11.3 Å². The summed E-state index contributed by atoms with van der Waals surface area (Å²) < 4.78 is 45.6. The third kappa shape index (κ3) is 3.29. The molecular formula is C19H18F3N3O2. The minimum absolute atomic E-state index is 0.00634. The number of nitrogens with zero attached hydrogens (tertiary/aromatic N) is 2. The van der Waals surface area contributed by atoms with E-state index in [0.717, 1.165) is 11.1 Å². The number of benzene rings is 1. The number of alkyl halides is 3. The molecule has 2 aliphatic rings. The molecule has 0 aliphatic carbocycles. The van der Waals surface area contributed by atoms with E-state index in [-0.39, 0.29) is 5.95 Å². The standard InChI is InChI=1S/C19H18F3N3O2/c1-10-9-23-18(24-16(10)11-5-3-2-4-6-11)25-17(26)14-12-7-8-13(27-12)15(14)19(20,21)22/h2-6,9,12-15H,7-8H2,1H3,(H,23,24,25,26). The van der Waals surface area contributed by atoms with Crippen molar-refractivity contribution in [2.24, 2.45) is 11.8 Å². The monoisotopic (exact) mass is 377 g/mol. The van der Waals surface area contributed by atoms with Gasteiger partial charge in [-0.3, -0.25) is 10.1 Å². The normalized spacial score (nSPS) is 27.0. The number of hydrogen-bond donors (Lipinski definition) is 1. The Bertz CT molecular complexity index is 857. The van der Waals surface area contributed by atoms with E-state index in [1.807, 2.05) is 37.3 Å². The van der Waals surface area contributed by atoms with Gasteiger partial charge in [-0.1, -0.05) is 30.3 Å². The van der Waals surface area contributed by atoms with E-state index in [1.54, 1.807) is 6.20 Å². The predicted molar refractivity (Wildman–Crippen MR) is 91.8 cm³/mol. The van der Waals surface area contributed by atoms with Gasteiger partial charge < -0.3 is 4.74 Å².